The highest BCUT2D eigenvalue weighted by molar-refractivity contribution is 6.09. The Hall–Kier alpha value is -3.14. The summed E-state index contributed by atoms with van der Waals surface area (Å²) in [5, 5.41) is 6.94. The van der Waals surface area contributed by atoms with E-state index in [0.29, 0.717) is 11.3 Å². The number of hydrogen-bond donors (Lipinski definition) is 2. The Morgan fingerprint density at radius 2 is 1.41 bits per heavy atom. The smallest absolute Gasteiger partial charge is 0.308 e. The SMILES string of the molecule is O=C(NC(=O)c1ccc2ccccc2c1)Nc1ccccc1. The fraction of sp³-hybridized carbons (Fsp3) is 0. The second-order valence-corrected chi connectivity index (χ2v) is 4.84. The average molecular weight is 290 g/mol. The molecule has 4 heteroatoms. The zero-order valence-corrected chi connectivity index (χ0v) is 11.7. The average Bonchev–Trinajstić information content (AvgIpc) is 2.55. The highest BCUT2D eigenvalue weighted by Gasteiger charge is 2.10. The molecule has 0 unspecified atom stereocenters. The fourth-order valence-corrected chi connectivity index (χ4v) is 2.19. The topological polar surface area (TPSA) is 58.2 Å². The van der Waals surface area contributed by atoms with Gasteiger partial charge in [-0.2, -0.15) is 0 Å². The van der Waals surface area contributed by atoms with Gasteiger partial charge < -0.3 is 5.32 Å². The molecule has 0 saturated heterocycles. The fourth-order valence-electron chi connectivity index (χ4n) is 2.19. The molecule has 4 nitrogen and oxygen atoms in total. The quantitative estimate of drug-likeness (QED) is 0.754. The monoisotopic (exact) mass is 290 g/mol. The summed E-state index contributed by atoms with van der Waals surface area (Å²) in [5.74, 6) is -0.431. The van der Waals surface area contributed by atoms with Gasteiger partial charge in [-0.15, -0.1) is 0 Å². The standard InChI is InChI=1S/C18H14N2O2/c21-17(20-18(22)19-16-8-2-1-3-9-16)15-11-10-13-6-4-5-7-14(13)12-15/h1-12H,(H2,19,20,21,22). The summed E-state index contributed by atoms with van der Waals surface area (Å²) in [7, 11) is 0. The van der Waals surface area contributed by atoms with Crippen molar-refractivity contribution in [3.8, 4) is 0 Å². The maximum absolute atomic E-state index is 12.1. The van der Waals surface area contributed by atoms with Gasteiger partial charge in [0.25, 0.3) is 5.91 Å². The molecule has 0 radical (unpaired) electrons. The number of carbonyl (C=O) groups excluding carboxylic acids is 2. The molecule has 2 N–H and O–H groups in total. The molecule has 3 aromatic rings. The van der Waals surface area contributed by atoms with Gasteiger partial charge in [-0.3, -0.25) is 10.1 Å². The minimum absolute atomic E-state index is 0.431. The van der Waals surface area contributed by atoms with Crippen molar-refractivity contribution in [3.05, 3.63) is 78.4 Å². The molecule has 0 aromatic heterocycles. The molecule has 0 atom stereocenters. The van der Waals surface area contributed by atoms with Crippen molar-refractivity contribution in [3.63, 3.8) is 0 Å². The van der Waals surface area contributed by atoms with E-state index < -0.39 is 11.9 Å². The Labute approximate surface area is 127 Å². The van der Waals surface area contributed by atoms with Gasteiger partial charge in [-0.25, -0.2) is 4.79 Å². The van der Waals surface area contributed by atoms with Crippen LogP contribution in [0.2, 0.25) is 0 Å². The largest absolute Gasteiger partial charge is 0.326 e. The van der Waals surface area contributed by atoms with Crippen LogP contribution in [0.3, 0.4) is 0 Å². The normalized spacial score (nSPS) is 10.2. The molecule has 3 rings (SSSR count). The lowest BCUT2D eigenvalue weighted by molar-refractivity contribution is 0.0967. The van der Waals surface area contributed by atoms with Gasteiger partial charge in [0.05, 0.1) is 0 Å². The van der Waals surface area contributed by atoms with Crippen molar-refractivity contribution in [2.75, 3.05) is 5.32 Å². The molecule has 22 heavy (non-hydrogen) atoms. The lowest BCUT2D eigenvalue weighted by Crippen LogP contribution is -2.34. The highest BCUT2D eigenvalue weighted by atomic mass is 16.2. The van der Waals surface area contributed by atoms with E-state index in [1.807, 2.05) is 36.4 Å². The third-order valence-corrected chi connectivity index (χ3v) is 3.27. The molecule has 3 aromatic carbocycles. The Balaban J connectivity index is 1.71. The lowest BCUT2D eigenvalue weighted by Gasteiger charge is -2.07. The van der Waals surface area contributed by atoms with E-state index in [1.165, 1.54) is 0 Å². The van der Waals surface area contributed by atoms with Crippen LogP contribution in [-0.4, -0.2) is 11.9 Å². The van der Waals surface area contributed by atoms with E-state index in [0.717, 1.165) is 10.8 Å². The van der Waals surface area contributed by atoms with Gasteiger partial charge in [-0.1, -0.05) is 48.5 Å². The number of nitrogens with one attached hydrogen (secondary N) is 2. The number of fused-ring (bicyclic) bond motifs is 1. The van der Waals surface area contributed by atoms with Crippen LogP contribution in [0.5, 0.6) is 0 Å². The third kappa shape index (κ3) is 3.12. The number of anilines is 1. The zero-order valence-electron chi connectivity index (χ0n) is 11.7. The molecule has 0 aliphatic rings. The number of rotatable bonds is 2. The number of imide groups is 1. The maximum Gasteiger partial charge on any atom is 0.326 e. The number of urea groups is 1. The molecule has 3 amide bonds. The van der Waals surface area contributed by atoms with Crippen LogP contribution < -0.4 is 10.6 Å². The highest BCUT2D eigenvalue weighted by Crippen LogP contribution is 2.15. The lowest BCUT2D eigenvalue weighted by atomic mass is 10.1. The molecule has 0 bridgehead atoms. The first kappa shape index (κ1) is 13.8. The van der Waals surface area contributed by atoms with Crippen molar-refractivity contribution in [1.29, 1.82) is 0 Å². The second kappa shape index (κ2) is 6.10. The third-order valence-electron chi connectivity index (χ3n) is 3.27. The summed E-state index contributed by atoms with van der Waals surface area (Å²) in [6, 6.07) is 21.5. The molecular weight excluding hydrogens is 276 g/mol. The van der Waals surface area contributed by atoms with Crippen LogP contribution in [-0.2, 0) is 0 Å². The number of hydrogen-bond acceptors (Lipinski definition) is 2. The molecule has 0 saturated carbocycles. The van der Waals surface area contributed by atoms with Gasteiger partial charge in [0.1, 0.15) is 0 Å². The van der Waals surface area contributed by atoms with Gasteiger partial charge >= 0.3 is 6.03 Å². The second-order valence-electron chi connectivity index (χ2n) is 4.84. The molecular formula is C18H14N2O2. The minimum atomic E-state index is -0.552. The molecule has 0 aliphatic heterocycles. The van der Waals surface area contributed by atoms with Crippen molar-refractivity contribution in [2.24, 2.45) is 0 Å². The minimum Gasteiger partial charge on any atom is -0.308 e. The first-order valence-corrected chi connectivity index (χ1v) is 6.88. The van der Waals surface area contributed by atoms with Gasteiger partial charge in [0.2, 0.25) is 0 Å². The van der Waals surface area contributed by atoms with E-state index in [-0.39, 0.29) is 0 Å². The van der Waals surface area contributed by atoms with Crippen molar-refractivity contribution >= 4 is 28.4 Å². The van der Waals surface area contributed by atoms with E-state index in [1.54, 1.807) is 36.4 Å². The van der Waals surface area contributed by atoms with Gasteiger partial charge in [0, 0.05) is 11.3 Å². The summed E-state index contributed by atoms with van der Waals surface area (Å²) in [5.41, 5.74) is 1.08. The van der Waals surface area contributed by atoms with Crippen LogP contribution in [0.1, 0.15) is 10.4 Å². The summed E-state index contributed by atoms with van der Waals surface area (Å²) in [6.45, 7) is 0. The Morgan fingerprint density at radius 1 is 0.727 bits per heavy atom. The Morgan fingerprint density at radius 3 is 2.18 bits per heavy atom. The van der Waals surface area contributed by atoms with E-state index in [4.69, 9.17) is 0 Å². The molecule has 0 aliphatic carbocycles. The van der Waals surface area contributed by atoms with Crippen LogP contribution in [0.25, 0.3) is 10.8 Å². The summed E-state index contributed by atoms with van der Waals surface area (Å²) < 4.78 is 0. The first-order chi connectivity index (χ1) is 10.7. The molecule has 108 valence electrons. The van der Waals surface area contributed by atoms with Crippen LogP contribution in [0, 0.1) is 0 Å². The van der Waals surface area contributed by atoms with Gasteiger partial charge in [0.15, 0.2) is 0 Å². The van der Waals surface area contributed by atoms with Crippen molar-refractivity contribution in [1.82, 2.24) is 5.32 Å². The molecule has 0 heterocycles. The summed E-state index contributed by atoms with van der Waals surface area (Å²) in [6.07, 6.45) is 0. The van der Waals surface area contributed by atoms with E-state index in [9.17, 15) is 9.59 Å². The molecule has 0 spiro atoms. The van der Waals surface area contributed by atoms with Crippen LogP contribution in [0.15, 0.2) is 72.8 Å². The van der Waals surface area contributed by atoms with Crippen molar-refractivity contribution < 1.29 is 9.59 Å². The van der Waals surface area contributed by atoms with Crippen molar-refractivity contribution in [2.45, 2.75) is 0 Å². The maximum atomic E-state index is 12.1. The van der Waals surface area contributed by atoms with Gasteiger partial charge in [-0.05, 0) is 35.0 Å². The number of para-hydroxylation sites is 1. The zero-order chi connectivity index (χ0) is 15.4. The Kier molecular flexibility index (Phi) is 3.83. The number of benzene rings is 3. The van der Waals surface area contributed by atoms with E-state index >= 15 is 0 Å². The summed E-state index contributed by atoms with van der Waals surface area (Å²) >= 11 is 0. The predicted octanol–water partition coefficient (Wildman–Crippen LogP) is 3.80. The molecule has 0 fully saturated rings. The van der Waals surface area contributed by atoms with Crippen LogP contribution in [0.4, 0.5) is 10.5 Å². The van der Waals surface area contributed by atoms with E-state index in [2.05, 4.69) is 10.6 Å². The Bertz CT molecular complexity index is 829. The predicted molar refractivity (Wildman–Crippen MR) is 86.9 cm³/mol. The number of carbonyl (C=O) groups is 2. The number of amides is 3. The summed E-state index contributed by atoms with van der Waals surface area (Å²) in [4.78, 5) is 23.9. The van der Waals surface area contributed by atoms with Crippen LogP contribution >= 0.6 is 0 Å². The first-order valence-electron chi connectivity index (χ1n) is 6.88.